The molecule has 1 N–H and O–H groups in total. The molecule has 6 heteroatoms. The van der Waals surface area contributed by atoms with Gasteiger partial charge in [0.05, 0.1) is 29.9 Å². The quantitative estimate of drug-likeness (QED) is 0.227. The minimum absolute atomic E-state index is 0.00537. The summed E-state index contributed by atoms with van der Waals surface area (Å²) in [6.45, 7) is 1.87. The van der Waals surface area contributed by atoms with E-state index in [0.29, 0.717) is 35.0 Å². The maximum absolute atomic E-state index is 13.3. The van der Waals surface area contributed by atoms with Crippen LogP contribution < -0.4 is 5.56 Å². The number of ether oxygens (including phenoxy) is 1. The van der Waals surface area contributed by atoms with E-state index in [1.165, 1.54) is 0 Å². The summed E-state index contributed by atoms with van der Waals surface area (Å²) in [6.07, 6.45) is 0.970. The number of rotatable bonds is 6. The highest BCUT2D eigenvalue weighted by Crippen LogP contribution is 2.27. The number of esters is 1. The number of fused-ring (bicyclic) bond motifs is 3. The van der Waals surface area contributed by atoms with E-state index in [9.17, 15) is 20.1 Å². The molecule has 6 aromatic rings. The van der Waals surface area contributed by atoms with Gasteiger partial charge >= 0.3 is 5.97 Å². The lowest BCUT2D eigenvalue weighted by Gasteiger charge is -2.14. The molecule has 0 spiro atoms. The van der Waals surface area contributed by atoms with Gasteiger partial charge in [-0.05, 0) is 93.9 Å². The van der Waals surface area contributed by atoms with Crippen LogP contribution in [0.3, 0.4) is 0 Å². The lowest BCUT2D eigenvalue weighted by molar-refractivity contribution is 0.0523. The van der Waals surface area contributed by atoms with Crippen molar-refractivity contribution in [1.29, 1.82) is 10.5 Å². The highest BCUT2D eigenvalue weighted by Gasteiger charge is 2.21. The predicted molar refractivity (Wildman–Crippen MR) is 163 cm³/mol. The molecule has 6 nitrogen and oxygen atoms in total. The largest absolute Gasteiger partial charge is 0.462 e. The molecule has 0 saturated heterocycles. The van der Waals surface area contributed by atoms with Crippen LogP contribution in [-0.4, -0.2) is 17.6 Å². The summed E-state index contributed by atoms with van der Waals surface area (Å²) in [5.74, 6) is -0.653. The molecular formula is C36H25N3O3. The Bertz CT molecular complexity index is 2180. The second-order valence-corrected chi connectivity index (χ2v) is 10.3. The Morgan fingerprint density at radius 1 is 0.714 bits per heavy atom. The van der Waals surface area contributed by atoms with Crippen LogP contribution in [0.5, 0.6) is 0 Å². The number of nitrogens with zero attached hydrogens (tertiary/aromatic N) is 2. The molecule has 1 aromatic heterocycles. The lowest BCUT2D eigenvalue weighted by atomic mass is 9.93. The third kappa shape index (κ3) is 5.10. The van der Waals surface area contributed by atoms with Gasteiger partial charge in [0.25, 0.3) is 5.56 Å². The number of benzene rings is 5. The molecule has 0 aliphatic carbocycles. The van der Waals surface area contributed by atoms with Crippen LogP contribution in [0.2, 0.25) is 0 Å². The highest BCUT2D eigenvalue weighted by molar-refractivity contribution is 5.97. The van der Waals surface area contributed by atoms with Crippen LogP contribution in [0.15, 0.2) is 95.8 Å². The second-order valence-electron chi connectivity index (χ2n) is 10.3. The zero-order valence-corrected chi connectivity index (χ0v) is 22.9. The number of nitriles is 2. The van der Waals surface area contributed by atoms with Crippen LogP contribution in [0.4, 0.5) is 0 Å². The average molecular weight is 548 g/mol. The van der Waals surface area contributed by atoms with Gasteiger partial charge in [0.1, 0.15) is 5.56 Å². The fraction of sp³-hybridized carbons (Fsp3) is 0.111. The number of pyridine rings is 1. The maximum Gasteiger partial charge on any atom is 0.344 e. The normalized spacial score (nSPS) is 10.9. The number of carbonyl (C=O) groups excluding carboxylic acids is 1. The van der Waals surface area contributed by atoms with Gasteiger partial charge in [0.15, 0.2) is 0 Å². The topological polar surface area (TPSA) is 107 Å². The summed E-state index contributed by atoms with van der Waals surface area (Å²) in [7, 11) is 0. The molecule has 6 rings (SSSR count). The van der Waals surface area contributed by atoms with E-state index in [-0.39, 0.29) is 12.2 Å². The van der Waals surface area contributed by atoms with Crippen molar-refractivity contribution in [3.63, 3.8) is 0 Å². The summed E-state index contributed by atoms with van der Waals surface area (Å²) in [5.41, 5.74) is 4.93. The molecule has 0 unspecified atom stereocenters. The van der Waals surface area contributed by atoms with Gasteiger partial charge in [0, 0.05) is 10.9 Å². The fourth-order valence-electron chi connectivity index (χ4n) is 5.52. The van der Waals surface area contributed by atoms with Gasteiger partial charge in [-0.15, -0.1) is 0 Å². The van der Waals surface area contributed by atoms with Crippen LogP contribution in [0.25, 0.3) is 32.4 Å². The lowest BCUT2D eigenvalue weighted by Crippen LogP contribution is -2.23. The number of carbonyl (C=O) groups is 1. The van der Waals surface area contributed by atoms with E-state index in [4.69, 9.17) is 4.74 Å². The Morgan fingerprint density at radius 2 is 1.26 bits per heavy atom. The smallest absolute Gasteiger partial charge is 0.344 e. The van der Waals surface area contributed by atoms with E-state index in [1.807, 2.05) is 72.8 Å². The molecule has 0 saturated carbocycles. The summed E-state index contributed by atoms with van der Waals surface area (Å²) in [4.78, 5) is 29.2. The first-order valence-electron chi connectivity index (χ1n) is 13.7. The molecule has 1 heterocycles. The van der Waals surface area contributed by atoms with Crippen molar-refractivity contribution in [2.45, 2.75) is 19.8 Å². The zero-order valence-electron chi connectivity index (χ0n) is 22.9. The van der Waals surface area contributed by atoms with Crippen molar-refractivity contribution in [2.75, 3.05) is 6.61 Å². The van der Waals surface area contributed by atoms with Gasteiger partial charge in [-0.2, -0.15) is 10.5 Å². The molecule has 0 fully saturated rings. The minimum Gasteiger partial charge on any atom is -0.462 e. The average Bonchev–Trinajstić information content (AvgIpc) is 3.00. The van der Waals surface area contributed by atoms with Crippen LogP contribution in [0, 0.1) is 22.7 Å². The van der Waals surface area contributed by atoms with Gasteiger partial charge in [-0.1, -0.05) is 60.7 Å². The van der Waals surface area contributed by atoms with E-state index < -0.39 is 11.5 Å². The van der Waals surface area contributed by atoms with E-state index >= 15 is 0 Å². The number of nitrogens with one attached hydrogen (secondary N) is 1. The molecule has 0 aliphatic heterocycles. The van der Waals surface area contributed by atoms with Gasteiger partial charge in [-0.3, -0.25) is 4.79 Å². The second kappa shape index (κ2) is 11.0. The zero-order chi connectivity index (χ0) is 29.2. The number of H-pyrrole nitrogens is 1. The Hall–Kier alpha value is -5.72. The Balaban J connectivity index is 1.42. The summed E-state index contributed by atoms with van der Waals surface area (Å²) < 4.78 is 5.28. The molecule has 202 valence electrons. The number of aromatic nitrogens is 1. The molecule has 0 radical (unpaired) electrons. The fourth-order valence-corrected chi connectivity index (χ4v) is 5.52. The number of hydrogen-bond donors (Lipinski definition) is 1. The number of hydrogen-bond acceptors (Lipinski definition) is 5. The first kappa shape index (κ1) is 26.5. The van der Waals surface area contributed by atoms with E-state index in [2.05, 4.69) is 29.3 Å². The minimum atomic E-state index is -0.653. The summed E-state index contributed by atoms with van der Waals surface area (Å²) in [6, 6.07) is 33.6. The SMILES string of the molecule is CCOC(=O)c1c(Cc2ccc3ccc(C#N)cc3c2)c2ccc(Cc3ccc4ccc(C#N)cc4c3)cc2[nH]c1=O. The standard InChI is InChI=1S/C36H25N3O3/c1-2-42-36(41)34-32(18-24-4-9-28-11-6-26(21-38)17-30(28)15-24)31-12-7-23(19-33(31)39-35(34)40)13-22-3-8-27-10-5-25(20-37)16-29(27)14-22/h3-12,14-17,19H,2,13,18H2,1H3,(H,39,40). The Labute approximate surface area is 242 Å². The molecular weight excluding hydrogens is 522 g/mol. The van der Waals surface area contributed by atoms with Crippen molar-refractivity contribution in [3.05, 3.63) is 140 Å². The Morgan fingerprint density at radius 3 is 1.86 bits per heavy atom. The van der Waals surface area contributed by atoms with Crippen molar-refractivity contribution in [3.8, 4) is 12.1 Å². The summed E-state index contributed by atoms with van der Waals surface area (Å²) >= 11 is 0. The molecule has 0 atom stereocenters. The third-order valence-corrected chi connectivity index (χ3v) is 7.52. The van der Waals surface area contributed by atoms with Crippen molar-refractivity contribution in [1.82, 2.24) is 4.98 Å². The van der Waals surface area contributed by atoms with Crippen LogP contribution in [-0.2, 0) is 17.6 Å². The van der Waals surface area contributed by atoms with Crippen LogP contribution >= 0.6 is 0 Å². The Kier molecular flexibility index (Phi) is 6.97. The first-order chi connectivity index (χ1) is 20.4. The van der Waals surface area contributed by atoms with E-state index in [1.54, 1.807) is 13.0 Å². The van der Waals surface area contributed by atoms with Crippen molar-refractivity contribution < 1.29 is 9.53 Å². The van der Waals surface area contributed by atoms with Crippen molar-refractivity contribution in [2.24, 2.45) is 0 Å². The third-order valence-electron chi connectivity index (χ3n) is 7.52. The van der Waals surface area contributed by atoms with Gasteiger partial charge < -0.3 is 9.72 Å². The molecule has 5 aromatic carbocycles. The molecule has 0 amide bonds. The van der Waals surface area contributed by atoms with Gasteiger partial charge in [-0.25, -0.2) is 4.79 Å². The first-order valence-corrected chi connectivity index (χ1v) is 13.7. The van der Waals surface area contributed by atoms with Gasteiger partial charge in [0.2, 0.25) is 0 Å². The molecule has 42 heavy (non-hydrogen) atoms. The van der Waals surface area contributed by atoms with Crippen LogP contribution in [0.1, 0.15) is 50.7 Å². The molecule has 0 aliphatic rings. The predicted octanol–water partition coefficient (Wildman–Crippen LogP) is 6.94. The highest BCUT2D eigenvalue weighted by atomic mass is 16.5. The number of aromatic amines is 1. The maximum atomic E-state index is 13.3. The summed E-state index contributed by atoms with van der Waals surface area (Å²) in [5, 5.41) is 23.4. The van der Waals surface area contributed by atoms with Crippen molar-refractivity contribution >= 4 is 38.4 Å². The van der Waals surface area contributed by atoms with E-state index in [0.717, 1.165) is 43.6 Å². The molecule has 0 bridgehead atoms. The monoisotopic (exact) mass is 547 g/mol.